The van der Waals surface area contributed by atoms with Crippen molar-refractivity contribution in [2.24, 2.45) is 0 Å². The predicted molar refractivity (Wildman–Crippen MR) is 74.9 cm³/mol. The number of halogens is 1. The van der Waals surface area contributed by atoms with E-state index in [1.165, 1.54) is 0 Å². The lowest BCUT2D eigenvalue weighted by atomic mass is 10.1. The number of aliphatic hydroxyl groups excluding tert-OH is 1. The summed E-state index contributed by atoms with van der Waals surface area (Å²) in [5.74, 6) is 0.628. The number of methoxy groups -OCH3 is 1. The highest BCUT2D eigenvalue weighted by Crippen LogP contribution is 2.27. The fraction of sp³-hybridized carbons (Fsp3) is 0.571. The lowest BCUT2D eigenvalue weighted by Crippen LogP contribution is -2.07. The Bertz CT molecular complexity index is 368. The van der Waals surface area contributed by atoms with Crippen LogP contribution in [0, 0.1) is 0 Å². The molecule has 1 aromatic rings. The molecule has 0 heterocycles. The van der Waals surface area contributed by atoms with Crippen LogP contribution in [-0.4, -0.2) is 38.6 Å². The normalized spacial score (nSPS) is 12.4. The van der Waals surface area contributed by atoms with Gasteiger partial charge in [0.1, 0.15) is 5.75 Å². The van der Waals surface area contributed by atoms with Gasteiger partial charge in [-0.2, -0.15) is 0 Å². The summed E-state index contributed by atoms with van der Waals surface area (Å²) in [5.41, 5.74) is 0.778. The van der Waals surface area contributed by atoms with Gasteiger partial charge < -0.3 is 19.3 Å². The minimum atomic E-state index is -0.527. The standard InChI is InChI=1S/C14H21ClO4/c1-11(16)12-4-5-14(13(15)10-12)19-7-3-6-18-9-8-17-2/h4-5,10-11,16H,3,6-9H2,1-2H3/t11-/m1/s1. The van der Waals surface area contributed by atoms with E-state index >= 15 is 0 Å². The summed E-state index contributed by atoms with van der Waals surface area (Å²) in [6.45, 7) is 4.07. The van der Waals surface area contributed by atoms with Gasteiger partial charge in [0.05, 0.1) is 30.9 Å². The van der Waals surface area contributed by atoms with Gasteiger partial charge in [0.25, 0.3) is 0 Å². The lowest BCUT2D eigenvalue weighted by Gasteiger charge is -2.11. The minimum absolute atomic E-state index is 0.513. The Kier molecular flexibility index (Phi) is 7.82. The van der Waals surface area contributed by atoms with Crippen molar-refractivity contribution in [2.45, 2.75) is 19.4 Å². The Morgan fingerprint density at radius 3 is 2.63 bits per heavy atom. The van der Waals surface area contributed by atoms with Gasteiger partial charge in [-0.1, -0.05) is 17.7 Å². The number of hydrogen-bond donors (Lipinski definition) is 1. The second kappa shape index (κ2) is 9.15. The zero-order valence-electron chi connectivity index (χ0n) is 11.4. The highest BCUT2D eigenvalue weighted by atomic mass is 35.5. The molecule has 0 saturated heterocycles. The van der Waals surface area contributed by atoms with E-state index in [-0.39, 0.29) is 0 Å². The van der Waals surface area contributed by atoms with E-state index in [0.717, 1.165) is 12.0 Å². The van der Waals surface area contributed by atoms with E-state index in [0.29, 0.717) is 37.2 Å². The predicted octanol–water partition coefficient (Wildman–Crippen LogP) is 2.83. The molecule has 5 heteroatoms. The topological polar surface area (TPSA) is 47.9 Å². The maximum atomic E-state index is 9.43. The Morgan fingerprint density at radius 2 is 2.00 bits per heavy atom. The maximum Gasteiger partial charge on any atom is 0.137 e. The molecule has 0 aromatic heterocycles. The first-order chi connectivity index (χ1) is 9.15. The second-order valence-corrected chi connectivity index (χ2v) is 4.58. The van der Waals surface area contributed by atoms with E-state index in [9.17, 15) is 5.11 Å². The average Bonchev–Trinajstić information content (AvgIpc) is 2.39. The first-order valence-corrected chi connectivity index (χ1v) is 6.70. The monoisotopic (exact) mass is 288 g/mol. The number of aliphatic hydroxyl groups is 1. The van der Waals surface area contributed by atoms with Crippen molar-refractivity contribution in [1.29, 1.82) is 0 Å². The Labute approximate surface area is 119 Å². The Hall–Kier alpha value is -0.810. The molecule has 1 rings (SSSR count). The van der Waals surface area contributed by atoms with Gasteiger partial charge >= 0.3 is 0 Å². The number of rotatable bonds is 9. The van der Waals surface area contributed by atoms with Crippen LogP contribution in [0.5, 0.6) is 5.75 Å². The fourth-order valence-electron chi connectivity index (χ4n) is 1.48. The van der Waals surface area contributed by atoms with E-state index in [1.54, 1.807) is 32.2 Å². The molecule has 0 aliphatic heterocycles. The van der Waals surface area contributed by atoms with E-state index in [1.807, 2.05) is 0 Å². The molecule has 0 radical (unpaired) electrons. The highest BCUT2D eigenvalue weighted by molar-refractivity contribution is 6.32. The van der Waals surface area contributed by atoms with Gasteiger partial charge in [0.2, 0.25) is 0 Å². The van der Waals surface area contributed by atoms with Crippen LogP contribution in [0.4, 0.5) is 0 Å². The summed E-state index contributed by atoms with van der Waals surface area (Å²) >= 11 is 6.07. The van der Waals surface area contributed by atoms with E-state index in [4.69, 9.17) is 25.8 Å². The van der Waals surface area contributed by atoms with Crippen LogP contribution in [0.2, 0.25) is 5.02 Å². The third kappa shape index (κ3) is 6.25. The fourth-order valence-corrected chi connectivity index (χ4v) is 1.72. The van der Waals surface area contributed by atoms with Crippen LogP contribution in [0.15, 0.2) is 18.2 Å². The molecule has 0 aliphatic rings. The van der Waals surface area contributed by atoms with Crippen molar-refractivity contribution in [2.75, 3.05) is 33.5 Å². The zero-order chi connectivity index (χ0) is 14.1. The summed E-state index contributed by atoms with van der Waals surface area (Å²) in [7, 11) is 1.64. The van der Waals surface area contributed by atoms with E-state index in [2.05, 4.69) is 0 Å². The van der Waals surface area contributed by atoms with Crippen LogP contribution in [0.3, 0.4) is 0 Å². The van der Waals surface area contributed by atoms with Crippen LogP contribution in [-0.2, 0) is 9.47 Å². The van der Waals surface area contributed by atoms with Crippen molar-refractivity contribution < 1.29 is 19.3 Å². The molecule has 0 amide bonds. The molecule has 19 heavy (non-hydrogen) atoms. The molecule has 0 spiro atoms. The highest BCUT2D eigenvalue weighted by Gasteiger charge is 2.06. The molecular weight excluding hydrogens is 268 g/mol. The molecule has 1 N–H and O–H groups in total. The average molecular weight is 289 g/mol. The van der Waals surface area contributed by atoms with Crippen molar-refractivity contribution in [3.63, 3.8) is 0 Å². The third-order valence-corrected chi connectivity index (χ3v) is 2.86. The largest absolute Gasteiger partial charge is 0.492 e. The van der Waals surface area contributed by atoms with Crippen molar-refractivity contribution in [1.82, 2.24) is 0 Å². The molecule has 0 unspecified atom stereocenters. The molecule has 0 aliphatic carbocycles. The first kappa shape index (κ1) is 16.2. The second-order valence-electron chi connectivity index (χ2n) is 4.17. The Morgan fingerprint density at radius 1 is 1.21 bits per heavy atom. The summed E-state index contributed by atoms with van der Waals surface area (Å²) < 4.78 is 15.7. The summed E-state index contributed by atoms with van der Waals surface area (Å²) in [5, 5.41) is 9.94. The summed E-state index contributed by atoms with van der Waals surface area (Å²) in [4.78, 5) is 0. The van der Waals surface area contributed by atoms with Crippen LogP contribution in [0.1, 0.15) is 25.0 Å². The molecular formula is C14H21ClO4. The van der Waals surface area contributed by atoms with Gasteiger partial charge in [-0.15, -0.1) is 0 Å². The number of benzene rings is 1. The van der Waals surface area contributed by atoms with Crippen molar-refractivity contribution >= 4 is 11.6 Å². The third-order valence-electron chi connectivity index (χ3n) is 2.56. The number of hydrogen-bond acceptors (Lipinski definition) is 4. The van der Waals surface area contributed by atoms with Crippen molar-refractivity contribution in [3.8, 4) is 5.75 Å². The van der Waals surface area contributed by atoms with Gasteiger partial charge in [0, 0.05) is 20.1 Å². The maximum absolute atomic E-state index is 9.43. The van der Waals surface area contributed by atoms with E-state index < -0.39 is 6.10 Å². The van der Waals surface area contributed by atoms with Crippen LogP contribution < -0.4 is 4.74 Å². The van der Waals surface area contributed by atoms with Gasteiger partial charge in [-0.25, -0.2) is 0 Å². The van der Waals surface area contributed by atoms with Crippen LogP contribution >= 0.6 is 11.6 Å². The number of ether oxygens (including phenoxy) is 3. The SMILES string of the molecule is COCCOCCCOc1ccc([C@@H](C)O)cc1Cl. The molecule has 4 nitrogen and oxygen atoms in total. The smallest absolute Gasteiger partial charge is 0.137 e. The summed E-state index contributed by atoms with van der Waals surface area (Å²) in [6, 6.07) is 5.30. The van der Waals surface area contributed by atoms with Crippen LogP contribution in [0.25, 0.3) is 0 Å². The molecule has 0 saturated carbocycles. The van der Waals surface area contributed by atoms with Gasteiger partial charge in [-0.05, 0) is 24.6 Å². The van der Waals surface area contributed by atoms with Gasteiger partial charge in [-0.3, -0.25) is 0 Å². The molecule has 1 atom stereocenters. The first-order valence-electron chi connectivity index (χ1n) is 6.32. The quantitative estimate of drug-likeness (QED) is 0.710. The lowest BCUT2D eigenvalue weighted by molar-refractivity contribution is 0.0644. The molecule has 1 aromatic carbocycles. The zero-order valence-corrected chi connectivity index (χ0v) is 12.2. The molecule has 0 fully saturated rings. The summed E-state index contributed by atoms with van der Waals surface area (Å²) in [6.07, 6.45) is 0.263. The Balaban J connectivity index is 2.26. The van der Waals surface area contributed by atoms with Crippen molar-refractivity contribution in [3.05, 3.63) is 28.8 Å². The molecule has 0 bridgehead atoms. The minimum Gasteiger partial charge on any atom is -0.492 e. The molecule has 108 valence electrons. The van der Waals surface area contributed by atoms with Gasteiger partial charge in [0.15, 0.2) is 0 Å².